The molecule has 0 aliphatic carbocycles. The molecule has 1 aromatic heterocycles. The Kier molecular flexibility index (Phi) is 6.76. The number of hydrogen-bond donors (Lipinski definition) is 3. The highest BCUT2D eigenvalue weighted by Crippen LogP contribution is 2.24. The quantitative estimate of drug-likeness (QED) is 0.403. The predicted octanol–water partition coefficient (Wildman–Crippen LogP) is 4.07. The van der Waals surface area contributed by atoms with Crippen LogP contribution in [0.5, 0.6) is 5.75 Å². The van der Waals surface area contributed by atoms with Gasteiger partial charge in [0.2, 0.25) is 0 Å². The molecule has 0 unspecified atom stereocenters. The van der Waals surface area contributed by atoms with E-state index in [4.69, 9.17) is 4.74 Å². The van der Waals surface area contributed by atoms with Crippen LogP contribution in [0.4, 0.5) is 16.3 Å². The summed E-state index contributed by atoms with van der Waals surface area (Å²) in [5.74, 6) is 1.20. The first-order chi connectivity index (χ1) is 14.1. The van der Waals surface area contributed by atoms with Crippen LogP contribution in [0.15, 0.2) is 53.4 Å². The number of methoxy groups -OCH3 is 1. The molecule has 0 aliphatic heterocycles. The molecule has 3 aromatic rings. The minimum absolute atomic E-state index is 0.289. The average Bonchev–Trinajstić information content (AvgIpc) is 2.76. The summed E-state index contributed by atoms with van der Waals surface area (Å²) in [5, 5.41) is 18.9. The molecule has 3 rings (SSSR count). The van der Waals surface area contributed by atoms with Gasteiger partial charge in [-0.3, -0.25) is 0 Å². The highest BCUT2D eigenvalue weighted by Gasteiger charge is 2.08. The van der Waals surface area contributed by atoms with Gasteiger partial charge >= 0.3 is 6.03 Å². The van der Waals surface area contributed by atoms with Gasteiger partial charge in [-0.25, -0.2) is 9.78 Å². The van der Waals surface area contributed by atoms with Crippen molar-refractivity contribution in [3.05, 3.63) is 54.1 Å². The molecule has 8 heteroatoms. The molecular weight excluding hydrogens is 386 g/mol. The third-order valence-electron chi connectivity index (χ3n) is 4.19. The number of nitrogens with zero attached hydrogens (tertiary/aromatic N) is 2. The van der Waals surface area contributed by atoms with Gasteiger partial charge in [-0.05, 0) is 54.8 Å². The number of hydrogen-bond acceptors (Lipinski definition) is 6. The fourth-order valence-corrected chi connectivity index (χ4v) is 3.12. The number of nitrogens with one attached hydrogen (secondary N) is 3. The lowest BCUT2D eigenvalue weighted by Crippen LogP contribution is -2.32. The number of nitriles is 1. The summed E-state index contributed by atoms with van der Waals surface area (Å²) in [7, 11) is 1.60. The van der Waals surface area contributed by atoms with E-state index in [1.807, 2.05) is 48.7 Å². The third-order valence-corrected chi connectivity index (χ3v) is 4.94. The first-order valence-electron chi connectivity index (χ1n) is 8.94. The Morgan fingerprint density at radius 2 is 1.97 bits per heavy atom. The summed E-state index contributed by atoms with van der Waals surface area (Å²) in [4.78, 5) is 17.6. The summed E-state index contributed by atoms with van der Waals surface area (Å²) >= 11 is 1.64. The maximum absolute atomic E-state index is 12.0. The van der Waals surface area contributed by atoms with Crippen molar-refractivity contribution < 1.29 is 9.53 Å². The van der Waals surface area contributed by atoms with Crippen LogP contribution in [-0.2, 0) is 0 Å². The van der Waals surface area contributed by atoms with E-state index < -0.39 is 0 Å². The normalized spacial score (nSPS) is 10.2. The molecule has 29 heavy (non-hydrogen) atoms. The van der Waals surface area contributed by atoms with Gasteiger partial charge in [0.25, 0.3) is 0 Å². The minimum atomic E-state index is -0.289. The maximum Gasteiger partial charge on any atom is 0.319 e. The van der Waals surface area contributed by atoms with Crippen molar-refractivity contribution in [2.45, 2.75) is 4.90 Å². The van der Waals surface area contributed by atoms with Crippen molar-refractivity contribution in [3.63, 3.8) is 0 Å². The second-order valence-corrected chi connectivity index (χ2v) is 6.97. The number of fused-ring (bicyclic) bond motifs is 1. The van der Waals surface area contributed by atoms with E-state index in [0.717, 1.165) is 21.5 Å². The van der Waals surface area contributed by atoms with Gasteiger partial charge in [0.15, 0.2) is 0 Å². The molecule has 0 aliphatic rings. The standard InChI is InChI=1S/C21H21N5O2S/c1-28-17-5-8-19-14(12-17)11-15(13-22)20(26-19)23-9-10-24-21(27)25-16-3-6-18(29-2)7-4-16/h3-8,11-12H,9-10H2,1-2H3,(H,23,26)(H2,24,25,27). The number of urea groups is 1. The summed E-state index contributed by atoms with van der Waals surface area (Å²) in [5.41, 5.74) is 1.92. The average molecular weight is 407 g/mol. The first-order valence-corrected chi connectivity index (χ1v) is 10.2. The highest BCUT2D eigenvalue weighted by atomic mass is 32.2. The van der Waals surface area contributed by atoms with Crippen LogP contribution in [0.25, 0.3) is 10.9 Å². The number of anilines is 2. The highest BCUT2D eigenvalue weighted by molar-refractivity contribution is 7.98. The molecule has 148 valence electrons. The number of ether oxygens (including phenoxy) is 1. The van der Waals surface area contributed by atoms with Crippen molar-refractivity contribution in [1.29, 1.82) is 5.26 Å². The molecule has 0 saturated heterocycles. The number of benzene rings is 2. The number of aromatic nitrogens is 1. The van der Waals surface area contributed by atoms with E-state index in [9.17, 15) is 10.1 Å². The van der Waals surface area contributed by atoms with Gasteiger partial charge in [-0.1, -0.05) is 0 Å². The Morgan fingerprint density at radius 1 is 1.17 bits per heavy atom. The van der Waals surface area contributed by atoms with Gasteiger partial charge in [0.1, 0.15) is 17.6 Å². The van der Waals surface area contributed by atoms with E-state index in [-0.39, 0.29) is 6.03 Å². The van der Waals surface area contributed by atoms with Gasteiger partial charge in [0.05, 0.1) is 18.2 Å². The summed E-state index contributed by atoms with van der Waals surface area (Å²) < 4.78 is 5.21. The van der Waals surface area contributed by atoms with Crippen molar-refractivity contribution >= 4 is 40.2 Å². The van der Waals surface area contributed by atoms with Gasteiger partial charge < -0.3 is 20.7 Å². The second-order valence-electron chi connectivity index (χ2n) is 6.09. The Balaban J connectivity index is 1.54. The number of amides is 2. The Bertz CT molecular complexity index is 1050. The van der Waals surface area contributed by atoms with Crippen LogP contribution in [-0.4, -0.2) is 37.5 Å². The van der Waals surface area contributed by atoms with E-state index in [2.05, 4.69) is 27.0 Å². The maximum atomic E-state index is 12.0. The molecule has 0 spiro atoms. The molecule has 2 aromatic carbocycles. The van der Waals surface area contributed by atoms with Crippen LogP contribution in [0.3, 0.4) is 0 Å². The lowest BCUT2D eigenvalue weighted by molar-refractivity contribution is 0.252. The van der Waals surface area contributed by atoms with Crippen LogP contribution < -0.4 is 20.7 Å². The van der Waals surface area contributed by atoms with E-state index in [1.165, 1.54) is 0 Å². The molecule has 0 atom stereocenters. The summed E-state index contributed by atoms with van der Waals surface area (Å²) in [6, 6.07) is 16.7. The van der Waals surface area contributed by atoms with Crippen LogP contribution in [0.2, 0.25) is 0 Å². The SMILES string of the molecule is COc1ccc2nc(NCCNC(=O)Nc3ccc(SC)cc3)c(C#N)cc2c1. The molecular formula is C21H21N5O2S. The van der Waals surface area contributed by atoms with Crippen molar-refractivity contribution in [2.75, 3.05) is 37.1 Å². The zero-order chi connectivity index (χ0) is 20.6. The molecule has 0 saturated carbocycles. The lowest BCUT2D eigenvalue weighted by Gasteiger charge is -2.11. The van der Waals surface area contributed by atoms with E-state index in [1.54, 1.807) is 24.9 Å². The monoisotopic (exact) mass is 407 g/mol. The number of rotatable bonds is 7. The smallest absolute Gasteiger partial charge is 0.319 e. The Hall–Kier alpha value is -3.44. The molecule has 0 radical (unpaired) electrons. The zero-order valence-corrected chi connectivity index (χ0v) is 17.0. The molecule has 0 fully saturated rings. The molecule has 2 amide bonds. The minimum Gasteiger partial charge on any atom is -0.497 e. The van der Waals surface area contributed by atoms with Crippen molar-refractivity contribution in [1.82, 2.24) is 10.3 Å². The number of thioether (sulfide) groups is 1. The topological polar surface area (TPSA) is 99.1 Å². The van der Waals surface area contributed by atoms with E-state index in [0.29, 0.717) is 30.2 Å². The Morgan fingerprint density at radius 3 is 2.66 bits per heavy atom. The van der Waals surface area contributed by atoms with Crippen LogP contribution >= 0.6 is 11.8 Å². The second kappa shape index (κ2) is 9.66. The first kappa shape index (κ1) is 20.3. The number of carbonyl (C=O) groups is 1. The van der Waals surface area contributed by atoms with Gasteiger partial charge in [-0.15, -0.1) is 11.8 Å². The molecule has 0 bridgehead atoms. The third kappa shape index (κ3) is 5.30. The fourth-order valence-electron chi connectivity index (χ4n) is 2.71. The van der Waals surface area contributed by atoms with Gasteiger partial charge in [-0.2, -0.15) is 5.26 Å². The van der Waals surface area contributed by atoms with Gasteiger partial charge in [0, 0.05) is 29.1 Å². The van der Waals surface area contributed by atoms with Crippen LogP contribution in [0, 0.1) is 11.3 Å². The summed E-state index contributed by atoms with van der Waals surface area (Å²) in [6.45, 7) is 0.810. The van der Waals surface area contributed by atoms with Crippen LogP contribution in [0.1, 0.15) is 5.56 Å². The number of carbonyl (C=O) groups excluding carboxylic acids is 1. The molecule has 7 nitrogen and oxygen atoms in total. The zero-order valence-electron chi connectivity index (χ0n) is 16.2. The Labute approximate surface area is 173 Å². The largest absolute Gasteiger partial charge is 0.497 e. The van der Waals surface area contributed by atoms with E-state index >= 15 is 0 Å². The van der Waals surface area contributed by atoms with Crippen molar-refractivity contribution in [3.8, 4) is 11.8 Å². The number of pyridine rings is 1. The lowest BCUT2D eigenvalue weighted by atomic mass is 10.1. The molecule has 1 heterocycles. The predicted molar refractivity (Wildman–Crippen MR) is 117 cm³/mol. The summed E-state index contributed by atoms with van der Waals surface area (Å²) in [6.07, 6.45) is 2.00. The van der Waals surface area contributed by atoms with Crippen molar-refractivity contribution in [2.24, 2.45) is 0 Å². The fraction of sp³-hybridized carbons (Fsp3) is 0.190. The molecule has 3 N–H and O–H groups in total.